The van der Waals surface area contributed by atoms with Gasteiger partial charge in [-0.1, -0.05) is 25.1 Å². The van der Waals surface area contributed by atoms with Crippen LogP contribution in [0, 0.1) is 0 Å². The Morgan fingerprint density at radius 1 is 1.22 bits per heavy atom. The lowest BCUT2D eigenvalue weighted by Gasteiger charge is -2.34. The molecule has 0 aliphatic heterocycles. The Kier molecular flexibility index (Phi) is 5.63. The minimum atomic E-state index is -0.288. The van der Waals surface area contributed by atoms with Crippen molar-refractivity contribution in [3.8, 4) is 5.75 Å². The van der Waals surface area contributed by atoms with Crippen LogP contribution >= 0.6 is 0 Å². The minimum absolute atomic E-state index is 0.107. The highest BCUT2D eigenvalue weighted by Gasteiger charge is 2.31. The maximum atomic E-state index is 5.71. The van der Waals surface area contributed by atoms with E-state index in [2.05, 4.69) is 32.2 Å². The van der Waals surface area contributed by atoms with Crippen molar-refractivity contribution in [3.05, 3.63) is 29.8 Å². The summed E-state index contributed by atoms with van der Waals surface area (Å²) in [6, 6.07) is 8.24. The van der Waals surface area contributed by atoms with Crippen molar-refractivity contribution in [2.75, 3.05) is 20.3 Å². The molecule has 3 nitrogen and oxygen atoms in total. The van der Waals surface area contributed by atoms with Crippen LogP contribution in [0.4, 0.5) is 0 Å². The smallest absolute Gasteiger partial charge is 0.124 e. The van der Waals surface area contributed by atoms with E-state index in [0.717, 1.165) is 17.9 Å². The lowest BCUT2D eigenvalue weighted by molar-refractivity contribution is -0.0113. The SMILES string of the molecule is CCNC(c1ccccc1OCC)C(C)(C)OC. The third kappa shape index (κ3) is 3.47. The molecule has 0 saturated carbocycles. The fraction of sp³-hybridized carbons (Fsp3) is 0.600. The van der Waals surface area contributed by atoms with E-state index in [1.54, 1.807) is 7.11 Å². The van der Waals surface area contributed by atoms with Crippen molar-refractivity contribution in [3.63, 3.8) is 0 Å². The van der Waals surface area contributed by atoms with Crippen LogP contribution in [0.1, 0.15) is 39.3 Å². The molecule has 1 rings (SSSR count). The van der Waals surface area contributed by atoms with E-state index in [0.29, 0.717) is 6.61 Å². The fourth-order valence-electron chi connectivity index (χ4n) is 2.06. The molecule has 102 valence electrons. The highest BCUT2D eigenvalue weighted by Crippen LogP contribution is 2.34. The van der Waals surface area contributed by atoms with Gasteiger partial charge in [-0.2, -0.15) is 0 Å². The molecule has 0 radical (unpaired) electrons. The monoisotopic (exact) mass is 251 g/mol. The Morgan fingerprint density at radius 2 is 1.89 bits per heavy atom. The molecular formula is C15H25NO2. The molecule has 0 heterocycles. The fourth-order valence-corrected chi connectivity index (χ4v) is 2.06. The summed E-state index contributed by atoms with van der Waals surface area (Å²) < 4.78 is 11.3. The molecule has 0 amide bonds. The molecule has 1 aromatic rings. The van der Waals surface area contributed by atoms with Gasteiger partial charge in [0.05, 0.1) is 18.2 Å². The maximum absolute atomic E-state index is 5.71. The van der Waals surface area contributed by atoms with Crippen LogP contribution < -0.4 is 10.1 Å². The van der Waals surface area contributed by atoms with Gasteiger partial charge in [0.25, 0.3) is 0 Å². The standard InChI is InChI=1S/C15H25NO2/c1-6-16-14(15(3,4)17-5)12-10-8-9-11-13(12)18-7-2/h8-11,14,16H,6-7H2,1-5H3. The van der Waals surface area contributed by atoms with E-state index in [-0.39, 0.29) is 11.6 Å². The lowest BCUT2D eigenvalue weighted by Crippen LogP contribution is -2.41. The summed E-state index contributed by atoms with van der Waals surface area (Å²) in [6.45, 7) is 9.83. The molecule has 1 N–H and O–H groups in total. The van der Waals surface area contributed by atoms with Crippen molar-refractivity contribution >= 4 is 0 Å². The van der Waals surface area contributed by atoms with Crippen LogP contribution in [0.2, 0.25) is 0 Å². The lowest BCUT2D eigenvalue weighted by atomic mass is 9.91. The molecular weight excluding hydrogens is 226 g/mol. The first kappa shape index (κ1) is 15.0. The second-order valence-electron chi connectivity index (χ2n) is 4.77. The second kappa shape index (κ2) is 6.76. The third-order valence-corrected chi connectivity index (χ3v) is 3.16. The number of para-hydroxylation sites is 1. The Bertz CT molecular complexity index is 363. The zero-order valence-corrected chi connectivity index (χ0v) is 12.1. The highest BCUT2D eigenvalue weighted by molar-refractivity contribution is 5.37. The molecule has 1 aromatic carbocycles. The molecule has 0 saturated heterocycles. The summed E-state index contributed by atoms with van der Waals surface area (Å²) in [7, 11) is 1.74. The van der Waals surface area contributed by atoms with Gasteiger partial charge in [0.2, 0.25) is 0 Å². The average Bonchev–Trinajstić information content (AvgIpc) is 2.37. The second-order valence-corrected chi connectivity index (χ2v) is 4.77. The maximum Gasteiger partial charge on any atom is 0.124 e. The Balaban J connectivity index is 3.12. The quantitative estimate of drug-likeness (QED) is 0.807. The number of hydrogen-bond donors (Lipinski definition) is 1. The molecule has 18 heavy (non-hydrogen) atoms. The molecule has 0 aromatic heterocycles. The van der Waals surface area contributed by atoms with Gasteiger partial charge in [-0.3, -0.25) is 0 Å². The molecule has 1 atom stereocenters. The van der Waals surface area contributed by atoms with Gasteiger partial charge in [0.1, 0.15) is 5.75 Å². The van der Waals surface area contributed by atoms with Gasteiger partial charge in [0, 0.05) is 12.7 Å². The topological polar surface area (TPSA) is 30.5 Å². The van der Waals surface area contributed by atoms with Crippen LogP contribution in [0.15, 0.2) is 24.3 Å². The predicted molar refractivity (Wildman–Crippen MR) is 75.1 cm³/mol. The van der Waals surface area contributed by atoms with Crippen molar-refractivity contribution < 1.29 is 9.47 Å². The van der Waals surface area contributed by atoms with Crippen molar-refractivity contribution in [1.82, 2.24) is 5.32 Å². The molecule has 3 heteroatoms. The number of nitrogens with one attached hydrogen (secondary N) is 1. The van der Waals surface area contributed by atoms with Crippen LogP contribution in [0.3, 0.4) is 0 Å². The van der Waals surface area contributed by atoms with Crippen molar-refractivity contribution in [2.24, 2.45) is 0 Å². The van der Waals surface area contributed by atoms with E-state index in [1.165, 1.54) is 0 Å². The molecule has 0 aliphatic carbocycles. The van der Waals surface area contributed by atoms with E-state index < -0.39 is 0 Å². The van der Waals surface area contributed by atoms with E-state index in [1.807, 2.05) is 25.1 Å². The summed E-state index contributed by atoms with van der Waals surface area (Å²) >= 11 is 0. The van der Waals surface area contributed by atoms with E-state index in [4.69, 9.17) is 9.47 Å². The summed E-state index contributed by atoms with van der Waals surface area (Å²) in [5.41, 5.74) is 0.858. The highest BCUT2D eigenvalue weighted by atomic mass is 16.5. The number of benzene rings is 1. The molecule has 0 bridgehead atoms. The van der Waals surface area contributed by atoms with Gasteiger partial charge in [-0.05, 0) is 33.4 Å². The Morgan fingerprint density at radius 3 is 2.44 bits per heavy atom. The van der Waals surface area contributed by atoms with Gasteiger partial charge in [-0.25, -0.2) is 0 Å². The van der Waals surface area contributed by atoms with Crippen LogP contribution in [0.5, 0.6) is 5.75 Å². The zero-order chi connectivity index (χ0) is 13.6. The summed E-state index contributed by atoms with van der Waals surface area (Å²) in [5.74, 6) is 0.927. The van der Waals surface area contributed by atoms with Crippen LogP contribution in [-0.4, -0.2) is 25.9 Å². The minimum Gasteiger partial charge on any atom is -0.494 e. The van der Waals surface area contributed by atoms with E-state index in [9.17, 15) is 0 Å². The predicted octanol–water partition coefficient (Wildman–Crippen LogP) is 3.16. The number of methoxy groups -OCH3 is 1. The van der Waals surface area contributed by atoms with Crippen LogP contribution in [-0.2, 0) is 4.74 Å². The molecule has 0 fully saturated rings. The Labute approximate surface area is 110 Å². The number of rotatable bonds is 7. The van der Waals surface area contributed by atoms with Gasteiger partial charge < -0.3 is 14.8 Å². The molecule has 0 aliphatic rings. The first-order chi connectivity index (χ1) is 8.56. The molecule has 0 spiro atoms. The summed E-state index contributed by atoms with van der Waals surface area (Å²) in [4.78, 5) is 0. The number of ether oxygens (including phenoxy) is 2. The zero-order valence-electron chi connectivity index (χ0n) is 12.1. The largest absolute Gasteiger partial charge is 0.494 e. The van der Waals surface area contributed by atoms with E-state index >= 15 is 0 Å². The van der Waals surface area contributed by atoms with Crippen molar-refractivity contribution in [1.29, 1.82) is 0 Å². The normalized spacial score (nSPS) is 13.4. The van der Waals surface area contributed by atoms with Gasteiger partial charge >= 0.3 is 0 Å². The number of hydrogen-bond acceptors (Lipinski definition) is 3. The summed E-state index contributed by atoms with van der Waals surface area (Å²) in [5, 5.41) is 3.48. The first-order valence-electron chi connectivity index (χ1n) is 6.57. The van der Waals surface area contributed by atoms with Crippen molar-refractivity contribution in [2.45, 2.75) is 39.3 Å². The third-order valence-electron chi connectivity index (χ3n) is 3.16. The summed E-state index contributed by atoms with van der Waals surface area (Å²) in [6.07, 6.45) is 0. The van der Waals surface area contributed by atoms with Gasteiger partial charge in [0.15, 0.2) is 0 Å². The van der Waals surface area contributed by atoms with Crippen LogP contribution in [0.25, 0.3) is 0 Å². The molecule has 1 unspecified atom stereocenters. The Hall–Kier alpha value is -1.06. The first-order valence-corrected chi connectivity index (χ1v) is 6.57. The average molecular weight is 251 g/mol. The van der Waals surface area contributed by atoms with Gasteiger partial charge in [-0.15, -0.1) is 0 Å². The number of likely N-dealkylation sites (N-methyl/N-ethyl adjacent to an activating group) is 1.